The molecule has 1 aromatic heterocycles. The first kappa shape index (κ1) is 22.3. The molecule has 2 N–H and O–H groups in total. The van der Waals surface area contributed by atoms with Gasteiger partial charge >= 0.3 is 0 Å². The number of amidine groups is 1. The lowest BCUT2D eigenvalue weighted by Gasteiger charge is -2.13. The summed E-state index contributed by atoms with van der Waals surface area (Å²) in [6.45, 7) is 3.17. The SMILES string of the molecule is CC(C)S(=O)(=O)Nc1ccc(Cl)c(NC2=NC(=O)/C(=C/c3ccc4nccnc4c3)S2)c1. The second kappa shape index (κ2) is 8.89. The average molecular weight is 488 g/mol. The Labute approximate surface area is 194 Å². The molecule has 0 radical (unpaired) electrons. The molecule has 1 aliphatic rings. The lowest BCUT2D eigenvalue weighted by molar-refractivity contribution is -0.113. The predicted octanol–water partition coefficient (Wildman–Crippen LogP) is 4.52. The van der Waals surface area contributed by atoms with Crippen LogP contribution in [0.2, 0.25) is 5.02 Å². The fourth-order valence-electron chi connectivity index (χ4n) is 2.77. The van der Waals surface area contributed by atoms with Crippen LogP contribution in [0.4, 0.5) is 11.4 Å². The Bertz CT molecular complexity index is 1390. The van der Waals surface area contributed by atoms with Gasteiger partial charge in [0.2, 0.25) is 10.0 Å². The Hall–Kier alpha value is -2.95. The van der Waals surface area contributed by atoms with Crippen LogP contribution >= 0.6 is 23.4 Å². The lowest BCUT2D eigenvalue weighted by atomic mass is 10.2. The number of carbonyl (C=O) groups is 1. The van der Waals surface area contributed by atoms with Gasteiger partial charge in [0.25, 0.3) is 5.91 Å². The monoisotopic (exact) mass is 487 g/mol. The maximum Gasteiger partial charge on any atom is 0.286 e. The second-order valence-electron chi connectivity index (χ2n) is 7.15. The van der Waals surface area contributed by atoms with Crippen LogP contribution < -0.4 is 10.0 Å². The highest BCUT2D eigenvalue weighted by atomic mass is 35.5. The van der Waals surface area contributed by atoms with Gasteiger partial charge in [0.15, 0.2) is 5.17 Å². The van der Waals surface area contributed by atoms with E-state index in [1.165, 1.54) is 0 Å². The summed E-state index contributed by atoms with van der Waals surface area (Å²) in [5.41, 5.74) is 3.07. The highest BCUT2D eigenvalue weighted by Gasteiger charge is 2.23. The van der Waals surface area contributed by atoms with Gasteiger partial charge in [0.1, 0.15) is 0 Å². The van der Waals surface area contributed by atoms with Crippen LogP contribution in [0, 0.1) is 0 Å². The molecule has 8 nitrogen and oxygen atoms in total. The average Bonchev–Trinajstić information content (AvgIpc) is 3.08. The summed E-state index contributed by atoms with van der Waals surface area (Å²) in [4.78, 5) is 25.4. The van der Waals surface area contributed by atoms with Crippen molar-refractivity contribution in [2.24, 2.45) is 4.99 Å². The number of nitrogens with zero attached hydrogens (tertiary/aromatic N) is 3. The Balaban J connectivity index is 1.52. The molecule has 0 aliphatic carbocycles. The molecule has 164 valence electrons. The highest BCUT2D eigenvalue weighted by molar-refractivity contribution is 8.18. The molecule has 2 heterocycles. The zero-order chi connectivity index (χ0) is 22.9. The molecule has 0 fully saturated rings. The molecule has 0 unspecified atom stereocenters. The number of anilines is 2. The van der Waals surface area contributed by atoms with E-state index in [1.54, 1.807) is 50.5 Å². The second-order valence-corrected chi connectivity index (χ2v) is 10.8. The number of fused-ring (bicyclic) bond motifs is 1. The molecule has 32 heavy (non-hydrogen) atoms. The van der Waals surface area contributed by atoms with Crippen molar-refractivity contribution in [2.75, 3.05) is 10.0 Å². The molecule has 4 rings (SSSR count). The van der Waals surface area contributed by atoms with Gasteiger partial charge in [-0.2, -0.15) is 4.99 Å². The Kier molecular flexibility index (Phi) is 6.18. The van der Waals surface area contributed by atoms with E-state index >= 15 is 0 Å². The molecule has 3 aromatic rings. The van der Waals surface area contributed by atoms with E-state index in [1.807, 2.05) is 18.2 Å². The summed E-state index contributed by atoms with van der Waals surface area (Å²) >= 11 is 7.41. The summed E-state index contributed by atoms with van der Waals surface area (Å²) in [6, 6.07) is 10.2. The van der Waals surface area contributed by atoms with Crippen LogP contribution in [0.5, 0.6) is 0 Å². The van der Waals surface area contributed by atoms with Crippen molar-refractivity contribution >= 4 is 72.9 Å². The molecule has 1 amide bonds. The van der Waals surface area contributed by atoms with Crippen LogP contribution in [0.25, 0.3) is 17.1 Å². The number of amides is 1. The van der Waals surface area contributed by atoms with Gasteiger partial charge in [0, 0.05) is 12.4 Å². The predicted molar refractivity (Wildman–Crippen MR) is 130 cm³/mol. The zero-order valence-corrected chi connectivity index (χ0v) is 19.4. The van der Waals surface area contributed by atoms with Crippen molar-refractivity contribution in [1.82, 2.24) is 9.97 Å². The van der Waals surface area contributed by atoms with Crippen molar-refractivity contribution in [3.63, 3.8) is 0 Å². The van der Waals surface area contributed by atoms with Gasteiger partial charge < -0.3 is 5.32 Å². The topological polar surface area (TPSA) is 113 Å². The summed E-state index contributed by atoms with van der Waals surface area (Å²) in [7, 11) is -3.51. The largest absolute Gasteiger partial charge is 0.333 e. The Morgan fingerprint density at radius 3 is 2.56 bits per heavy atom. The van der Waals surface area contributed by atoms with Crippen molar-refractivity contribution < 1.29 is 13.2 Å². The van der Waals surface area contributed by atoms with E-state index in [2.05, 4.69) is 25.0 Å². The maximum atomic E-state index is 12.4. The van der Waals surface area contributed by atoms with Crippen LogP contribution in [-0.2, 0) is 14.8 Å². The third-order valence-electron chi connectivity index (χ3n) is 4.50. The molecule has 0 saturated carbocycles. The van der Waals surface area contributed by atoms with Gasteiger partial charge in [0.05, 0.1) is 37.6 Å². The standard InChI is InChI=1S/C21H18ClN5O3S2/c1-12(2)32(29,30)27-14-4-5-15(22)17(11-14)25-21-26-20(28)19(31-21)10-13-3-6-16-18(9-13)24-8-7-23-16/h3-12,27H,1-2H3,(H,25,26,28)/b19-10-. The van der Waals surface area contributed by atoms with Crippen molar-refractivity contribution in [3.05, 3.63) is 64.3 Å². The molecule has 0 bridgehead atoms. The van der Waals surface area contributed by atoms with Crippen LogP contribution in [0.3, 0.4) is 0 Å². The number of hydrogen-bond acceptors (Lipinski definition) is 7. The third kappa shape index (κ3) is 4.93. The van der Waals surface area contributed by atoms with Gasteiger partial charge in [-0.3, -0.25) is 19.5 Å². The smallest absolute Gasteiger partial charge is 0.286 e. The maximum absolute atomic E-state index is 12.4. The number of sulfonamides is 1. The molecule has 2 aromatic carbocycles. The normalized spacial score (nSPS) is 15.4. The number of rotatable bonds is 5. The molecular weight excluding hydrogens is 470 g/mol. The minimum atomic E-state index is -3.51. The van der Waals surface area contributed by atoms with Crippen molar-refractivity contribution in [1.29, 1.82) is 0 Å². The van der Waals surface area contributed by atoms with Gasteiger partial charge in [-0.15, -0.1) is 0 Å². The van der Waals surface area contributed by atoms with Crippen molar-refractivity contribution in [2.45, 2.75) is 19.1 Å². The van der Waals surface area contributed by atoms with E-state index < -0.39 is 15.3 Å². The van der Waals surface area contributed by atoms with Crippen LogP contribution in [0.15, 0.2) is 58.7 Å². The number of nitrogens with one attached hydrogen (secondary N) is 2. The van der Waals surface area contributed by atoms with Gasteiger partial charge in [-0.05, 0) is 67.6 Å². The first-order chi connectivity index (χ1) is 15.2. The highest BCUT2D eigenvalue weighted by Crippen LogP contribution is 2.33. The van der Waals surface area contributed by atoms with E-state index in [0.717, 1.165) is 28.4 Å². The minimum absolute atomic E-state index is 0.340. The Morgan fingerprint density at radius 1 is 1.06 bits per heavy atom. The number of halogens is 1. The van der Waals surface area contributed by atoms with E-state index in [4.69, 9.17) is 11.6 Å². The van der Waals surface area contributed by atoms with E-state index in [-0.39, 0.29) is 5.91 Å². The zero-order valence-electron chi connectivity index (χ0n) is 17.0. The molecular formula is C21H18ClN5O3S2. The molecule has 0 atom stereocenters. The lowest BCUT2D eigenvalue weighted by Crippen LogP contribution is -2.22. The first-order valence-corrected chi connectivity index (χ1v) is 12.3. The number of thioether (sulfide) groups is 1. The molecule has 0 spiro atoms. The minimum Gasteiger partial charge on any atom is -0.333 e. The fraction of sp³-hybridized carbons (Fsp3) is 0.143. The summed E-state index contributed by atoms with van der Waals surface area (Å²) in [6.07, 6.45) is 4.96. The van der Waals surface area contributed by atoms with Crippen molar-refractivity contribution in [3.8, 4) is 0 Å². The number of benzene rings is 2. The number of carbonyl (C=O) groups excluding carboxylic acids is 1. The summed E-state index contributed by atoms with van der Waals surface area (Å²) in [5, 5.41) is 3.12. The number of hydrogen-bond donors (Lipinski definition) is 2. The summed E-state index contributed by atoms with van der Waals surface area (Å²) in [5.74, 6) is -0.385. The van der Waals surface area contributed by atoms with Gasteiger partial charge in [-0.1, -0.05) is 17.7 Å². The molecule has 11 heteroatoms. The first-order valence-electron chi connectivity index (χ1n) is 9.53. The van der Waals surface area contributed by atoms with E-state index in [0.29, 0.717) is 26.5 Å². The quantitative estimate of drug-likeness (QED) is 0.509. The van der Waals surface area contributed by atoms with Gasteiger partial charge in [-0.25, -0.2) is 8.42 Å². The summed E-state index contributed by atoms with van der Waals surface area (Å²) < 4.78 is 26.8. The number of aliphatic imine (C=N–C) groups is 1. The number of aromatic nitrogens is 2. The van der Waals surface area contributed by atoms with E-state index in [9.17, 15) is 13.2 Å². The Morgan fingerprint density at radius 2 is 1.81 bits per heavy atom. The van der Waals surface area contributed by atoms with Crippen LogP contribution in [-0.4, -0.2) is 34.7 Å². The third-order valence-corrected chi connectivity index (χ3v) is 7.49. The molecule has 1 aliphatic heterocycles. The molecule has 0 saturated heterocycles. The fourth-order valence-corrected chi connectivity index (χ4v) is 4.45. The van der Waals surface area contributed by atoms with Crippen LogP contribution in [0.1, 0.15) is 19.4 Å².